The number of para-hydroxylation sites is 2. The molecular formula is C26H24N6O3. The molecule has 0 radical (unpaired) electrons. The number of nitrogens with one attached hydrogen (secondary N) is 1. The van der Waals surface area contributed by atoms with Gasteiger partial charge >= 0.3 is 0 Å². The predicted octanol–water partition coefficient (Wildman–Crippen LogP) is 3.86. The minimum atomic E-state index is -0.265. The highest BCUT2D eigenvalue weighted by Gasteiger charge is 2.29. The zero-order valence-corrected chi connectivity index (χ0v) is 19.3. The molecule has 2 aromatic carbocycles. The van der Waals surface area contributed by atoms with Crippen molar-refractivity contribution in [2.45, 2.75) is 45.2 Å². The maximum absolute atomic E-state index is 13.6. The van der Waals surface area contributed by atoms with Crippen LogP contribution in [0.3, 0.4) is 0 Å². The molecule has 1 fully saturated rings. The van der Waals surface area contributed by atoms with Gasteiger partial charge in [-0.3, -0.25) is 14.2 Å². The molecule has 1 N–H and O–H groups in total. The Kier molecular flexibility index (Phi) is 5.17. The molecule has 1 saturated carbocycles. The van der Waals surface area contributed by atoms with E-state index in [1.807, 2.05) is 55.5 Å². The minimum absolute atomic E-state index is 0.0185. The molecule has 0 spiro atoms. The quantitative estimate of drug-likeness (QED) is 0.389. The van der Waals surface area contributed by atoms with E-state index in [9.17, 15) is 9.59 Å². The van der Waals surface area contributed by atoms with Crippen LogP contribution in [-0.2, 0) is 24.3 Å². The highest BCUT2D eigenvalue weighted by molar-refractivity contribution is 6.06. The molecule has 1 amide bonds. The second-order valence-electron chi connectivity index (χ2n) is 8.86. The lowest BCUT2D eigenvalue weighted by molar-refractivity contribution is -0.116. The Hall–Kier alpha value is -4.27. The summed E-state index contributed by atoms with van der Waals surface area (Å²) in [6.07, 6.45) is 4.44. The first kappa shape index (κ1) is 21.3. The number of rotatable bonds is 7. The largest absolute Gasteiger partial charge is 0.337 e. The summed E-state index contributed by atoms with van der Waals surface area (Å²) in [6.45, 7) is 2.15. The lowest BCUT2D eigenvalue weighted by Gasteiger charge is -2.11. The van der Waals surface area contributed by atoms with Gasteiger partial charge in [-0.2, -0.15) is 4.98 Å². The standard InChI is InChI=1S/C26H24N6O3/c1-2-16-7-3-5-9-19(16)28-21(33)13-32-20-10-6-4-8-18(20)23-24(32)26(34)31(15-27-23)14-22-29-25(30-35-22)17-11-12-17/h3-10,15,17H,2,11-14H2,1H3,(H,28,33). The van der Waals surface area contributed by atoms with E-state index in [2.05, 4.69) is 20.4 Å². The van der Waals surface area contributed by atoms with E-state index in [1.54, 1.807) is 4.57 Å². The fourth-order valence-electron chi connectivity index (χ4n) is 4.49. The Labute approximate surface area is 200 Å². The third-order valence-corrected chi connectivity index (χ3v) is 6.44. The van der Waals surface area contributed by atoms with Crippen LogP contribution in [0.5, 0.6) is 0 Å². The zero-order chi connectivity index (χ0) is 23.9. The normalized spacial score (nSPS) is 13.5. The van der Waals surface area contributed by atoms with Crippen LogP contribution in [-0.4, -0.2) is 30.2 Å². The average molecular weight is 469 g/mol. The van der Waals surface area contributed by atoms with Gasteiger partial charge in [-0.05, 0) is 37.0 Å². The maximum Gasteiger partial charge on any atom is 0.278 e. The molecule has 0 unspecified atom stereocenters. The third kappa shape index (κ3) is 3.88. The number of aryl methyl sites for hydroxylation is 1. The van der Waals surface area contributed by atoms with Crippen LogP contribution in [0.25, 0.3) is 21.9 Å². The number of carbonyl (C=O) groups is 1. The Morgan fingerprint density at radius 1 is 1.14 bits per heavy atom. The van der Waals surface area contributed by atoms with Crippen molar-refractivity contribution in [2.24, 2.45) is 0 Å². The molecule has 0 saturated heterocycles. The Morgan fingerprint density at radius 3 is 2.77 bits per heavy atom. The van der Waals surface area contributed by atoms with Gasteiger partial charge in [0, 0.05) is 17.0 Å². The average Bonchev–Trinajstić information content (AvgIpc) is 3.54. The summed E-state index contributed by atoms with van der Waals surface area (Å²) in [5.74, 6) is 1.21. The summed E-state index contributed by atoms with van der Waals surface area (Å²) < 4.78 is 8.55. The number of nitrogens with zero attached hydrogens (tertiary/aromatic N) is 5. The molecule has 9 heteroatoms. The predicted molar refractivity (Wildman–Crippen MR) is 131 cm³/mol. The molecule has 35 heavy (non-hydrogen) atoms. The van der Waals surface area contributed by atoms with Crippen molar-refractivity contribution in [3.8, 4) is 0 Å². The lowest BCUT2D eigenvalue weighted by atomic mass is 10.1. The van der Waals surface area contributed by atoms with Crippen molar-refractivity contribution < 1.29 is 9.32 Å². The van der Waals surface area contributed by atoms with Crippen molar-refractivity contribution in [3.05, 3.63) is 82.5 Å². The molecule has 5 aromatic rings. The number of aromatic nitrogens is 5. The summed E-state index contributed by atoms with van der Waals surface area (Å²) in [4.78, 5) is 35.7. The molecule has 0 aliphatic heterocycles. The number of hydrogen-bond donors (Lipinski definition) is 1. The first-order chi connectivity index (χ1) is 17.1. The van der Waals surface area contributed by atoms with Crippen LogP contribution < -0.4 is 10.9 Å². The second-order valence-corrected chi connectivity index (χ2v) is 8.86. The highest BCUT2D eigenvalue weighted by Crippen LogP contribution is 2.38. The summed E-state index contributed by atoms with van der Waals surface area (Å²) >= 11 is 0. The van der Waals surface area contributed by atoms with Gasteiger partial charge in [0.05, 0.1) is 11.8 Å². The Bertz CT molecular complexity index is 1630. The summed E-state index contributed by atoms with van der Waals surface area (Å²) in [7, 11) is 0. The van der Waals surface area contributed by atoms with E-state index < -0.39 is 0 Å². The minimum Gasteiger partial charge on any atom is -0.337 e. The van der Waals surface area contributed by atoms with Gasteiger partial charge in [0.1, 0.15) is 24.1 Å². The number of amides is 1. The van der Waals surface area contributed by atoms with Crippen molar-refractivity contribution in [1.82, 2.24) is 24.3 Å². The van der Waals surface area contributed by atoms with Crippen LogP contribution in [0, 0.1) is 0 Å². The molecule has 0 atom stereocenters. The number of fused-ring (bicyclic) bond motifs is 3. The summed E-state index contributed by atoms with van der Waals surface area (Å²) in [6, 6.07) is 15.3. The van der Waals surface area contributed by atoms with Gasteiger partial charge in [-0.25, -0.2) is 4.98 Å². The molecule has 0 bridgehead atoms. The van der Waals surface area contributed by atoms with Crippen molar-refractivity contribution in [1.29, 1.82) is 0 Å². The monoisotopic (exact) mass is 468 g/mol. The van der Waals surface area contributed by atoms with E-state index in [-0.39, 0.29) is 24.6 Å². The van der Waals surface area contributed by atoms with E-state index >= 15 is 0 Å². The van der Waals surface area contributed by atoms with Crippen molar-refractivity contribution in [3.63, 3.8) is 0 Å². The van der Waals surface area contributed by atoms with E-state index in [0.29, 0.717) is 28.7 Å². The fourth-order valence-corrected chi connectivity index (χ4v) is 4.49. The zero-order valence-electron chi connectivity index (χ0n) is 19.3. The SMILES string of the molecule is CCc1ccccc1NC(=O)Cn1c2ccccc2c2ncn(Cc3nc(C4CC4)no3)c(=O)c21. The molecule has 3 heterocycles. The van der Waals surface area contributed by atoms with Crippen molar-refractivity contribution in [2.75, 3.05) is 5.32 Å². The number of benzene rings is 2. The van der Waals surface area contributed by atoms with Gasteiger partial charge < -0.3 is 14.4 Å². The molecule has 6 rings (SSSR count). The van der Waals surface area contributed by atoms with Crippen LogP contribution in [0.4, 0.5) is 5.69 Å². The first-order valence-electron chi connectivity index (χ1n) is 11.8. The number of anilines is 1. The molecule has 1 aliphatic rings. The van der Waals surface area contributed by atoms with E-state index in [1.165, 1.54) is 10.9 Å². The van der Waals surface area contributed by atoms with E-state index in [0.717, 1.165) is 41.4 Å². The smallest absolute Gasteiger partial charge is 0.278 e. The van der Waals surface area contributed by atoms with Crippen LogP contribution in [0.1, 0.15) is 43.0 Å². The number of carbonyl (C=O) groups excluding carboxylic acids is 1. The van der Waals surface area contributed by atoms with Crippen LogP contribution in [0.2, 0.25) is 0 Å². The first-order valence-corrected chi connectivity index (χ1v) is 11.8. The molecular weight excluding hydrogens is 444 g/mol. The fraction of sp³-hybridized carbons (Fsp3) is 0.269. The maximum atomic E-state index is 13.6. The topological polar surface area (TPSA) is 108 Å². The summed E-state index contributed by atoms with van der Waals surface area (Å²) in [5.41, 5.74) is 3.27. The van der Waals surface area contributed by atoms with Gasteiger partial charge in [0.25, 0.3) is 5.56 Å². The molecule has 3 aromatic heterocycles. The Balaban J connectivity index is 1.39. The van der Waals surface area contributed by atoms with Crippen molar-refractivity contribution >= 4 is 33.5 Å². The summed E-state index contributed by atoms with van der Waals surface area (Å²) in [5, 5.41) is 7.85. The Morgan fingerprint density at radius 2 is 1.94 bits per heavy atom. The molecule has 176 valence electrons. The molecule has 9 nitrogen and oxygen atoms in total. The number of hydrogen-bond acceptors (Lipinski definition) is 6. The van der Waals surface area contributed by atoms with Crippen LogP contribution >= 0.6 is 0 Å². The second kappa shape index (κ2) is 8.50. The van der Waals surface area contributed by atoms with Gasteiger partial charge in [0.15, 0.2) is 5.82 Å². The van der Waals surface area contributed by atoms with Gasteiger partial charge in [-0.15, -0.1) is 0 Å². The highest BCUT2D eigenvalue weighted by atomic mass is 16.5. The van der Waals surface area contributed by atoms with Gasteiger partial charge in [0.2, 0.25) is 11.8 Å². The van der Waals surface area contributed by atoms with Gasteiger partial charge in [-0.1, -0.05) is 48.5 Å². The van der Waals surface area contributed by atoms with Crippen LogP contribution in [0.15, 0.2) is 64.2 Å². The van der Waals surface area contributed by atoms with E-state index in [4.69, 9.17) is 4.52 Å². The third-order valence-electron chi connectivity index (χ3n) is 6.44. The molecule has 1 aliphatic carbocycles. The lowest BCUT2D eigenvalue weighted by Crippen LogP contribution is -2.25.